The van der Waals surface area contributed by atoms with Crippen molar-refractivity contribution in [2.45, 2.75) is 26.8 Å². The number of amides is 1. The fraction of sp³-hybridized carbons (Fsp3) is 0.364. The zero-order valence-electron chi connectivity index (χ0n) is 18.1. The molecule has 0 radical (unpaired) electrons. The van der Waals surface area contributed by atoms with E-state index >= 15 is 0 Å². The minimum atomic E-state index is -0.515. The van der Waals surface area contributed by atoms with Gasteiger partial charge in [-0.2, -0.15) is 5.10 Å². The largest absolute Gasteiger partial charge is 0.466 e. The Balaban J connectivity index is 1.58. The van der Waals surface area contributed by atoms with Gasteiger partial charge in [-0.1, -0.05) is 41.6 Å². The molecule has 1 aliphatic rings. The van der Waals surface area contributed by atoms with Crippen LogP contribution in [0.2, 0.25) is 5.02 Å². The molecule has 0 bridgehead atoms. The summed E-state index contributed by atoms with van der Waals surface area (Å²) in [6.45, 7) is 4.50. The van der Waals surface area contributed by atoms with E-state index in [4.69, 9.17) is 16.3 Å². The van der Waals surface area contributed by atoms with Gasteiger partial charge in [0.1, 0.15) is 5.56 Å². The van der Waals surface area contributed by atoms with E-state index in [1.165, 1.54) is 29.8 Å². The molecular formula is C22H24ClN3O5S. The number of esters is 2. The highest BCUT2D eigenvalue weighted by Crippen LogP contribution is 2.29. The normalized spacial score (nSPS) is 14.8. The highest BCUT2D eigenvalue weighted by molar-refractivity contribution is 8.04. The number of ether oxygens (including phenoxy) is 2. The molecule has 0 N–H and O–H groups in total. The Morgan fingerprint density at radius 1 is 1.28 bits per heavy atom. The molecule has 0 spiro atoms. The minimum absolute atomic E-state index is 0.0935. The van der Waals surface area contributed by atoms with Crippen molar-refractivity contribution in [2.24, 2.45) is 0 Å². The van der Waals surface area contributed by atoms with Gasteiger partial charge in [0.2, 0.25) is 5.91 Å². The van der Waals surface area contributed by atoms with Crippen LogP contribution in [-0.4, -0.2) is 58.5 Å². The van der Waals surface area contributed by atoms with E-state index in [0.29, 0.717) is 46.5 Å². The van der Waals surface area contributed by atoms with E-state index in [0.717, 1.165) is 5.56 Å². The second-order valence-corrected chi connectivity index (χ2v) is 8.53. The van der Waals surface area contributed by atoms with E-state index in [1.54, 1.807) is 11.6 Å². The smallest absolute Gasteiger partial charge is 0.341 e. The van der Waals surface area contributed by atoms with Crippen molar-refractivity contribution in [2.75, 3.05) is 26.0 Å². The molecule has 1 aromatic carbocycles. The molecule has 1 fully saturated rings. The molecule has 0 aliphatic carbocycles. The van der Waals surface area contributed by atoms with Crippen molar-refractivity contribution in [1.82, 2.24) is 14.7 Å². The van der Waals surface area contributed by atoms with Gasteiger partial charge in [-0.25, -0.2) is 9.59 Å². The van der Waals surface area contributed by atoms with Gasteiger partial charge in [-0.15, -0.1) is 0 Å². The zero-order chi connectivity index (χ0) is 23.3. The Kier molecular flexibility index (Phi) is 7.98. The molecule has 10 heteroatoms. The van der Waals surface area contributed by atoms with Crippen LogP contribution in [0, 0.1) is 13.8 Å². The number of carbonyl (C=O) groups is 3. The van der Waals surface area contributed by atoms with E-state index in [2.05, 4.69) is 9.84 Å². The highest BCUT2D eigenvalue weighted by Gasteiger charge is 2.27. The van der Waals surface area contributed by atoms with Gasteiger partial charge in [0.25, 0.3) is 0 Å². The maximum absolute atomic E-state index is 12.7. The Morgan fingerprint density at radius 3 is 2.75 bits per heavy atom. The first-order chi connectivity index (χ1) is 15.3. The van der Waals surface area contributed by atoms with E-state index in [9.17, 15) is 14.4 Å². The van der Waals surface area contributed by atoms with Crippen molar-refractivity contribution in [3.63, 3.8) is 0 Å². The number of benzene rings is 1. The summed E-state index contributed by atoms with van der Waals surface area (Å²) in [7, 11) is 1.28. The monoisotopic (exact) mass is 477 g/mol. The summed E-state index contributed by atoms with van der Waals surface area (Å²) in [6.07, 6.45) is 1.73. The van der Waals surface area contributed by atoms with Gasteiger partial charge in [0.05, 0.1) is 48.5 Å². The second-order valence-electron chi connectivity index (χ2n) is 7.12. The summed E-state index contributed by atoms with van der Waals surface area (Å²) in [5.41, 5.74) is 2.61. The van der Waals surface area contributed by atoms with Gasteiger partial charge in [0, 0.05) is 11.6 Å². The number of hydrogen-bond acceptors (Lipinski definition) is 7. The average Bonchev–Trinajstić information content (AvgIpc) is 3.25. The third kappa shape index (κ3) is 5.52. The lowest BCUT2D eigenvalue weighted by molar-refractivity contribution is -0.134. The number of methoxy groups -OCH3 is 1. The van der Waals surface area contributed by atoms with Crippen LogP contribution in [0.1, 0.15) is 33.7 Å². The standard InChI is InChI=1S/C22H24ClN3O5S/c1-14-21(15(2)26(24-14)12-16-7-4-5-8-17(16)23)22(29)31-10-6-9-25-18(27)13-32-19(25)11-20(28)30-3/h4-5,7-8,11H,6,9-10,12-13H2,1-3H3/b19-11+. The first-order valence-electron chi connectivity index (χ1n) is 9.99. The van der Waals surface area contributed by atoms with Crippen LogP contribution in [0.4, 0.5) is 0 Å². The zero-order valence-corrected chi connectivity index (χ0v) is 19.7. The highest BCUT2D eigenvalue weighted by atomic mass is 35.5. The number of aryl methyl sites for hydroxylation is 1. The fourth-order valence-electron chi connectivity index (χ4n) is 3.32. The molecule has 8 nitrogen and oxygen atoms in total. The molecule has 3 rings (SSSR count). The predicted molar refractivity (Wildman–Crippen MR) is 121 cm³/mol. The third-order valence-corrected chi connectivity index (χ3v) is 6.37. The van der Waals surface area contributed by atoms with Crippen LogP contribution in [0.5, 0.6) is 0 Å². The molecule has 1 amide bonds. The quantitative estimate of drug-likeness (QED) is 0.327. The predicted octanol–water partition coefficient (Wildman–Crippen LogP) is 3.34. The van der Waals surface area contributed by atoms with Gasteiger partial charge >= 0.3 is 11.9 Å². The maximum atomic E-state index is 12.7. The van der Waals surface area contributed by atoms with Crippen molar-refractivity contribution >= 4 is 41.2 Å². The summed E-state index contributed by atoms with van der Waals surface area (Å²) in [4.78, 5) is 37.7. The van der Waals surface area contributed by atoms with Crippen molar-refractivity contribution < 1.29 is 23.9 Å². The lowest BCUT2D eigenvalue weighted by atomic mass is 10.2. The number of halogens is 1. The molecule has 170 valence electrons. The fourth-order valence-corrected chi connectivity index (χ4v) is 4.47. The minimum Gasteiger partial charge on any atom is -0.466 e. The number of thioether (sulfide) groups is 1. The molecule has 1 aromatic heterocycles. The van der Waals surface area contributed by atoms with E-state index in [-0.39, 0.29) is 18.3 Å². The first-order valence-corrected chi connectivity index (χ1v) is 11.4. The van der Waals surface area contributed by atoms with E-state index in [1.807, 2.05) is 31.2 Å². The van der Waals surface area contributed by atoms with Crippen LogP contribution in [-0.2, 0) is 25.6 Å². The summed E-state index contributed by atoms with van der Waals surface area (Å²) in [6, 6.07) is 7.49. The number of carbonyl (C=O) groups excluding carboxylic acids is 3. The topological polar surface area (TPSA) is 90.7 Å². The lowest BCUT2D eigenvalue weighted by Gasteiger charge is -2.16. The Bertz CT molecular complexity index is 1070. The summed E-state index contributed by atoms with van der Waals surface area (Å²) >= 11 is 7.52. The SMILES string of the molecule is COC(=O)/C=C1/SCC(=O)N1CCCOC(=O)c1c(C)nn(Cc2ccccc2Cl)c1C. The van der Waals surface area contributed by atoms with Crippen LogP contribution in [0.3, 0.4) is 0 Å². The van der Waals surface area contributed by atoms with Gasteiger partial charge in [-0.05, 0) is 31.9 Å². The van der Waals surface area contributed by atoms with Crippen molar-refractivity contribution in [3.8, 4) is 0 Å². The van der Waals surface area contributed by atoms with Crippen LogP contribution in [0.15, 0.2) is 35.4 Å². The maximum Gasteiger partial charge on any atom is 0.341 e. The number of aromatic nitrogens is 2. The molecule has 1 saturated heterocycles. The molecule has 2 aromatic rings. The van der Waals surface area contributed by atoms with E-state index < -0.39 is 11.9 Å². The third-order valence-electron chi connectivity index (χ3n) is 4.98. The second kappa shape index (κ2) is 10.7. The van der Waals surface area contributed by atoms with Gasteiger partial charge in [0.15, 0.2) is 0 Å². The molecular weight excluding hydrogens is 454 g/mol. The molecule has 1 aliphatic heterocycles. The Labute approximate surface area is 195 Å². The average molecular weight is 478 g/mol. The summed E-state index contributed by atoms with van der Waals surface area (Å²) < 4.78 is 11.8. The van der Waals surface area contributed by atoms with Crippen LogP contribution >= 0.6 is 23.4 Å². The molecule has 32 heavy (non-hydrogen) atoms. The molecule has 0 atom stereocenters. The van der Waals surface area contributed by atoms with Crippen molar-refractivity contribution in [1.29, 1.82) is 0 Å². The van der Waals surface area contributed by atoms with Crippen molar-refractivity contribution in [3.05, 3.63) is 62.9 Å². The number of rotatable bonds is 8. The summed E-state index contributed by atoms with van der Waals surface area (Å²) in [5, 5.41) is 5.65. The lowest BCUT2D eigenvalue weighted by Crippen LogP contribution is -2.27. The Morgan fingerprint density at radius 2 is 2.03 bits per heavy atom. The summed E-state index contributed by atoms with van der Waals surface area (Å²) in [5.74, 6) is -0.800. The number of nitrogens with zero attached hydrogens (tertiary/aromatic N) is 3. The molecule has 2 heterocycles. The number of hydrogen-bond donors (Lipinski definition) is 0. The van der Waals surface area contributed by atoms with Gasteiger partial charge < -0.3 is 14.4 Å². The molecule has 0 unspecified atom stereocenters. The molecule has 0 saturated carbocycles. The Hall–Kier alpha value is -2.78. The van der Waals surface area contributed by atoms with Gasteiger partial charge in [-0.3, -0.25) is 9.48 Å². The van der Waals surface area contributed by atoms with Crippen LogP contribution < -0.4 is 0 Å². The van der Waals surface area contributed by atoms with Crippen LogP contribution in [0.25, 0.3) is 0 Å². The first kappa shape index (κ1) is 23.9.